The highest BCUT2D eigenvalue weighted by molar-refractivity contribution is 5.92. The van der Waals surface area contributed by atoms with Gasteiger partial charge in [0.15, 0.2) is 0 Å². The van der Waals surface area contributed by atoms with Crippen LogP contribution in [0.25, 0.3) is 0 Å². The van der Waals surface area contributed by atoms with Crippen LogP contribution >= 0.6 is 0 Å². The molecule has 15 heteroatoms. The molecule has 0 saturated heterocycles. The average Bonchev–Trinajstić information content (AvgIpc) is 2.90. The lowest BCUT2D eigenvalue weighted by Gasteiger charge is -2.28. The fourth-order valence-electron chi connectivity index (χ4n) is 3.46. The molecule has 6 amide bonds. The molecule has 0 spiro atoms. The van der Waals surface area contributed by atoms with Crippen LogP contribution in [0.1, 0.15) is 87.5 Å². The number of nitrogens with two attached hydrogens (primary N) is 2. The maximum Gasteiger partial charge on any atom is 0.322 e. The summed E-state index contributed by atoms with van der Waals surface area (Å²) in [5, 5.41) is 18.6. The van der Waals surface area contributed by atoms with Crippen LogP contribution in [0.3, 0.4) is 0 Å². The van der Waals surface area contributed by atoms with Gasteiger partial charge in [-0.05, 0) is 59.3 Å². The van der Waals surface area contributed by atoms with E-state index in [1.165, 1.54) is 4.90 Å². The Bertz CT molecular complexity index is 920. The largest absolute Gasteiger partial charge is 0.480 e. The van der Waals surface area contributed by atoms with Crippen LogP contribution in [0.15, 0.2) is 0 Å². The van der Waals surface area contributed by atoms with E-state index in [-0.39, 0.29) is 43.4 Å². The monoisotopic (exact) mass is 631 g/mol. The quantitative estimate of drug-likeness (QED) is 0.0986. The van der Waals surface area contributed by atoms with Gasteiger partial charge >= 0.3 is 12.0 Å². The van der Waals surface area contributed by atoms with Crippen LogP contribution in [-0.2, 0) is 28.7 Å². The number of amides is 6. The van der Waals surface area contributed by atoms with Gasteiger partial charge < -0.3 is 47.5 Å². The van der Waals surface area contributed by atoms with Crippen LogP contribution in [0.5, 0.6) is 0 Å². The molecular formula is C29H57N7O8. The molecule has 15 nitrogen and oxygen atoms in total. The van der Waals surface area contributed by atoms with Crippen LogP contribution in [0, 0.1) is 5.92 Å². The zero-order valence-electron chi connectivity index (χ0n) is 27.8. The van der Waals surface area contributed by atoms with Crippen LogP contribution in [0.2, 0.25) is 0 Å². The van der Waals surface area contributed by atoms with Gasteiger partial charge in [-0.2, -0.15) is 0 Å². The highest BCUT2D eigenvalue weighted by atomic mass is 16.5. The molecule has 0 saturated carbocycles. The lowest BCUT2D eigenvalue weighted by molar-refractivity contribution is -0.139. The van der Waals surface area contributed by atoms with Crippen molar-refractivity contribution < 1.29 is 38.6 Å². The SMILES string of the molecule is CCCN(CC(=O)NCC(=O)O)C(=O)CNC(=O)C(NC(=O)CCC(C)(C)OCCC(C)(C)N)C(C)C.CCCNC(N)=O. The van der Waals surface area contributed by atoms with Crippen molar-refractivity contribution in [2.75, 3.05) is 39.3 Å². The minimum Gasteiger partial charge on any atom is -0.480 e. The van der Waals surface area contributed by atoms with E-state index in [4.69, 9.17) is 21.3 Å². The van der Waals surface area contributed by atoms with Gasteiger partial charge in [-0.1, -0.05) is 27.7 Å². The Morgan fingerprint density at radius 2 is 1.50 bits per heavy atom. The first-order valence-corrected chi connectivity index (χ1v) is 15.0. The summed E-state index contributed by atoms with van der Waals surface area (Å²) in [6, 6.07) is -1.29. The summed E-state index contributed by atoms with van der Waals surface area (Å²) in [5.41, 5.74) is 9.82. The lowest BCUT2D eigenvalue weighted by Crippen LogP contribution is -2.52. The van der Waals surface area contributed by atoms with Crippen molar-refractivity contribution >= 4 is 35.6 Å². The van der Waals surface area contributed by atoms with Crippen molar-refractivity contribution in [3.8, 4) is 0 Å². The smallest absolute Gasteiger partial charge is 0.322 e. The molecule has 0 aliphatic rings. The third-order valence-corrected chi connectivity index (χ3v) is 6.04. The Hall–Kier alpha value is -3.46. The maximum atomic E-state index is 12.8. The lowest BCUT2D eigenvalue weighted by atomic mass is 9.99. The Morgan fingerprint density at radius 1 is 0.886 bits per heavy atom. The molecule has 256 valence electrons. The summed E-state index contributed by atoms with van der Waals surface area (Å²) in [4.78, 5) is 71.6. The van der Waals surface area contributed by atoms with Crippen LogP contribution < -0.4 is 32.7 Å². The molecule has 0 aromatic carbocycles. The number of carbonyl (C=O) groups excluding carboxylic acids is 5. The standard InChI is InChI=1S/C25H47N5O7.C4H10N2O/c1-8-12-30(16-19(32)27-15-21(34)35)20(33)14-28-23(36)22(17(2)3)29-18(31)9-10-25(6,7)37-13-11-24(4,5)26;1-2-3-6-4(5)7/h17,22H,8-16,26H2,1-7H3,(H,27,32)(H,28,36)(H,29,31)(H,34,35);2-3H2,1H3,(H3,5,6,7). The predicted octanol–water partition coefficient (Wildman–Crippen LogP) is 0.450. The van der Waals surface area contributed by atoms with E-state index in [0.717, 1.165) is 6.42 Å². The minimum absolute atomic E-state index is 0.157. The third kappa shape index (κ3) is 24.0. The number of primary amides is 1. The van der Waals surface area contributed by atoms with Gasteiger partial charge in [0.05, 0.1) is 18.7 Å². The maximum absolute atomic E-state index is 12.8. The molecule has 0 aliphatic heterocycles. The molecule has 0 heterocycles. The summed E-state index contributed by atoms with van der Waals surface area (Å²) < 4.78 is 5.88. The molecule has 0 fully saturated rings. The molecule has 1 atom stereocenters. The number of rotatable bonds is 20. The van der Waals surface area contributed by atoms with Gasteiger partial charge in [-0.25, -0.2) is 4.79 Å². The zero-order chi connectivity index (χ0) is 34.5. The van der Waals surface area contributed by atoms with Crippen molar-refractivity contribution in [3.05, 3.63) is 0 Å². The minimum atomic E-state index is -1.19. The van der Waals surface area contributed by atoms with E-state index in [1.807, 2.05) is 41.5 Å². The number of hydrogen-bond acceptors (Lipinski definition) is 8. The first kappa shape index (κ1) is 42.7. The number of ether oxygens (including phenoxy) is 1. The third-order valence-electron chi connectivity index (χ3n) is 6.04. The molecule has 0 aromatic heterocycles. The molecule has 0 radical (unpaired) electrons. The molecular weight excluding hydrogens is 574 g/mol. The van der Waals surface area contributed by atoms with Crippen LogP contribution in [0.4, 0.5) is 4.79 Å². The van der Waals surface area contributed by atoms with E-state index in [1.54, 1.807) is 13.8 Å². The number of urea groups is 1. The van der Waals surface area contributed by atoms with E-state index in [2.05, 4.69) is 21.3 Å². The molecule has 44 heavy (non-hydrogen) atoms. The molecule has 0 aliphatic carbocycles. The average molecular weight is 632 g/mol. The number of nitrogens with one attached hydrogen (secondary N) is 4. The van der Waals surface area contributed by atoms with Gasteiger partial charge in [-0.15, -0.1) is 0 Å². The molecule has 0 rings (SSSR count). The normalized spacial score (nSPS) is 11.9. The van der Waals surface area contributed by atoms with Crippen molar-refractivity contribution in [3.63, 3.8) is 0 Å². The zero-order valence-corrected chi connectivity index (χ0v) is 27.8. The van der Waals surface area contributed by atoms with Crippen LogP contribution in [-0.4, -0.2) is 102 Å². The first-order valence-electron chi connectivity index (χ1n) is 15.0. The molecule has 1 unspecified atom stereocenters. The van der Waals surface area contributed by atoms with E-state index in [9.17, 15) is 28.8 Å². The second-order valence-electron chi connectivity index (χ2n) is 12.1. The van der Waals surface area contributed by atoms with E-state index in [0.29, 0.717) is 32.4 Å². The molecule has 0 bridgehead atoms. The summed E-state index contributed by atoms with van der Waals surface area (Å²) in [7, 11) is 0. The fourth-order valence-corrected chi connectivity index (χ4v) is 3.46. The second-order valence-corrected chi connectivity index (χ2v) is 12.1. The Morgan fingerprint density at radius 3 is 1.95 bits per heavy atom. The van der Waals surface area contributed by atoms with E-state index >= 15 is 0 Å². The number of carbonyl (C=O) groups is 6. The van der Waals surface area contributed by atoms with Crippen molar-refractivity contribution in [1.82, 2.24) is 26.2 Å². The fraction of sp³-hybridized carbons (Fsp3) is 0.793. The topological polar surface area (TPSA) is 235 Å². The van der Waals surface area contributed by atoms with Crippen molar-refractivity contribution in [2.45, 2.75) is 105 Å². The van der Waals surface area contributed by atoms with Gasteiger partial charge in [0.25, 0.3) is 0 Å². The van der Waals surface area contributed by atoms with Gasteiger partial charge in [0.1, 0.15) is 12.6 Å². The summed E-state index contributed by atoms with van der Waals surface area (Å²) in [6.07, 6.45) is 2.79. The Balaban J connectivity index is 0. The van der Waals surface area contributed by atoms with Gasteiger partial charge in [-0.3, -0.25) is 24.0 Å². The Labute approximate surface area is 261 Å². The number of nitrogens with zero attached hydrogens (tertiary/aromatic N) is 1. The summed E-state index contributed by atoms with van der Waals surface area (Å²) >= 11 is 0. The molecule has 0 aromatic rings. The number of hydrogen-bond donors (Lipinski definition) is 7. The number of carboxylic acids is 1. The van der Waals surface area contributed by atoms with Crippen molar-refractivity contribution in [1.29, 1.82) is 0 Å². The number of carboxylic acid groups (broad SMARTS) is 1. The second kappa shape index (κ2) is 22.1. The van der Waals surface area contributed by atoms with Gasteiger partial charge in [0, 0.05) is 31.7 Å². The van der Waals surface area contributed by atoms with E-state index < -0.39 is 47.9 Å². The predicted molar refractivity (Wildman–Crippen MR) is 167 cm³/mol. The highest BCUT2D eigenvalue weighted by Crippen LogP contribution is 2.18. The summed E-state index contributed by atoms with van der Waals surface area (Å²) in [6.45, 7) is 15.2. The first-order chi connectivity index (χ1) is 20.2. The Kier molecular flexibility index (Phi) is 21.4. The van der Waals surface area contributed by atoms with Crippen molar-refractivity contribution in [2.24, 2.45) is 17.4 Å². The molecule has 9 N–H and O–H groups in total. The number of aliphatic carboxylic acids is 1. The van der Waals surface area contributed by atoms with Gasteiger partial charge in [0.2, 0.25) is 23.6 Å². The highest BCUT2D eigenvalue weighted by Gasteiger charge is 2.27. The summed E-state index contributed by atoms with van der Waals surface area (Å²) in [5.74, 6) is -3.34.